The fourth-order valence-electron chi connectivity index (χ4n) is 1.71. The summed E-state index contributed by atoms with van der Waals surface area (Å²) in [7, 11) is 0. The molecule has 2 amide bonds. The molecule has 1 aromatic carbocycles. The number of hydrogen-bond acceptors (Lipinski definition) is 3. The average molecular weight is 291 g/mol. The van der Waals surface area contributed by atoms with Crippen LogP contribution in [0.1, 0.15) is 38.7 Å². The second-order valence-electron chi connectivity index (χ2n) is 5.36. The normalized spacial score (nSPS) is 10.5. The highest BCUT2D eigenvalue weighted by atomic mass is 16.2. The Balaban J connectivity index is 2.37. The third kappa shape index (κ3) is 6.90. The monoisotopic (exact) mass is 291 g/mol. The fourth-order valence-corrected chi connectivity index (χ4v) is 1.71. The highest BCUT2D eigenvalue weighted by Gasteiger charge is 2.07. The third-order valence-electron chi connectivity index (χ3n) is 3.09. The number of nitrogens with one attached hydrogen (secondary N) is 2. The van der Waals surface area contributed by atoms with E-state index in [1.165, 1.54) is 0 Å². The van der Waals surface area contributed by atoms with Crippen LogP contribution in [-0.2, 0) is 16.1 Å². The van der Waals surface area contributed by atoms with Crippen LogP contribution in [0.25, 0.3) is 0 Å². The van der Waals surface area contributed by atoms with Gasteiger partial charge in [-0.25, -0.2) is 0 Å². The Bertz CT molecular complexity index is 455. The molecule has 0 fully saturated rings. The standard InChI is InChI=1S/C16H25N3O2/c1-12(2)16(21)19-14-8-6-13(7-9-14)11-18-15(20)5-3-4-10-17/h6-9,12H,3-5,10-11,17H2,1-2H3,(H,18,20)(H,19,21). The quantitative estimate of drug-likeness (QED) is 0.641. The largest absolute Gasteiger partial charge is 0.352 e. The number of anilines is 1. The van der Waals surface area contributed by atoms with Crippen LogP contribution in [0.5, 0.6) is 0 Å². The van der Waals surface area contributed by atoms with Gasteiger partial charge in [0.1, 0.15) is 0 Å². The maximum atomic E-state index is 11.6. The van der Waals surface area contributed by atoms with Gasteiger partial charge in [0.15, 0.2) is 0 Å². The van der Waals surface area contributed by atoms with E-state index < -0.39 is 0 Å². The maximum absolute atomic E-state index is 11.6. The first kappa shape index (κ1) is 17.2. The van der Waals surface area contributed by atoms with Gasteiger partial charge in [-0.1, -0.05) is 26.0 Å². The van der Waals surface area contributed by atoms with E-state index in [4.69, 9.17) is 5.73 Å². The zero-order valence-electron chi connectivity index (χ0n) is 12.8. The molecule has 4 N–H and O–H groups in total. The summed E-state index contributed by atoms with van der Waals surface area (Å²) in [6.07, 6.45) is 2.21. The van der Waals surface area contributed by atoms with Crippen LogP contribution in [0.4, 0.5) is 5.69 Å². The van der Waals surface area contributed by atoms with Crippen molar-refractivity contribution in [1.82, 2.24) is 5.32 Å². The Morgan fingerprint density at radius 2 is 1.81 bits per heavy atom. The van der Waals surface area contributed by atoms with E-state index in [1.807, 2.05) is 38.1 Å². The minimum absolute atomic E-state index is 0.00374. The Morgan fingerprint density at radius 3 is 2.38 bits per heavy atom. The van der Waals surface area contributed by atoms with Crippen LogP contribution >= 0.6 is 0 Å². The van der Waals surface area contributed by atoms with Crippen LogP contribution in [0.3, 0.4) is 0 Å². The Morgan fingerprint density at radius 1 is 1.14 bits per heavy atom. The molecule has 0 saturated heterocycles. The van der Waals surface area contributed by atoms with Crippen LogP contribution in [-0.4, -0.2) is 18.4 Å². The second-order valence-corrected chi connectivity index (χ2v) is 5.36. The number of hydrogen-bond donors (Lipinski definition) is 3. The number of amides is 2. The van der Waals surface area contributed by atoms with Gasteiger partial charge in [0, 0.05) is 24.6 Å². The summed E-state index contributed by atoms with van der Waals surface area (Å²) >= 11 is 0. The lowest BCUT2D eigenvalue weighted by atomic mass is 10.1. The van der Waals surface area contributed by atoms with Gasteiger partial charge in [-0.3, -0.25) is 9.59 Å². The molecule has 21 heavy (non-hydrogen) atoms. The molecule has 0 unspecified atom stereocenters. The van der Waals surface area contributed by atoms with Crippen molar-refractivity contribution in [2.45, 2.75) is 39.7 Å². The average Bonchev–Trinajstić information content (AvgIpc) is 2.46. The van der Waals surface area contributed by atoms with Crippen LogP contribution in [0.15, 0.2) is 24.3 Å². The number of benzene rings is 1. The van der Waals surface area contributed by atoms with E-state index >= 15 is 0 Å². The van der Waals surface area contributed by atoms with Crippen molar-refractivity contribution in [3.05, 3.63) is 29.8 Å². The summed E-state index contributed by atoms with van der Waals surface area (Å²) in [5, 5.41) is 5.70. The van der Waals surface area contributed by atoms with Crippen molar-refractivity contribution < 1.29 is 9.59 Å². The SMILES string of the molecule is CC(C)C(=O)Nc1ccc(CNC(=O)CCCCN)cc1. The smallest absolute Gasteiger partial charge is 0.226 e. The van der Waals surface area contributed by atoms with Crippen molar-refractivity contribution in [2.24, 2.45) is 11.7 Å². The maximum Gasteiger partial charge on any atom is 0.226 e. The van der Waals surface area contributed by atoms with Gasteiger partial charge >= 0.3 is 0 Å². The first-order valence-electron chi connectivity index (χ1n) is 7.39. The number of rotatable bonds is 8. The van der Waals surface area contributed by atoms with E-state index in [1.54, 1.807) is 0 Å². The van der Waals surface area contributed by atoms with Gasteiger partial charge in [-0.2, -0.15) is 0 Å². The summed E-state index contributed by atoms with van der Waals surface area (Å²) in [5.74, 6) is -0.00548. The molecule has 1 aromatic rings. The summed E-state index contributed by atoms with van der Waals surface area (Å²) in [5.41, 5.74) is 7.16. The van der Waals surface area contributed by atoms with Crippen molar-refractivity contribution in [3.8, 4) is 0 Å². The molecule has 0 bridgehead atoms. The predicted octanol–water partition coefficient (Wildman–Crippen LogP) is 2.03. The summed E-state index contributed by atoms with van der Waals surface area (Å²) < 4.78 is 0. The molecule has 0 aliphatic heterocycles. The molecule has 0 aliphatic rings. The molecule has 0 aromatic heterocycles. The lowest BCUT2D eigenvalue weighted by molar-refractivity contribution is -0.121. The van der Waals surface area contributed by atoms with E-state index in [9.17, 15) is 9.59 Å². The zero-order chi connectivity index (χ0) is 15.7. The van der Waals surface area contributed by atoms with Gasteiger partial charge in [-0.15, -0.1) is 0 Å². The summed E-state index contributed by atoms with van der Waals surface area (Å²) in [4.78, 5) is 23.1. The van der Waals surface area contributed by atoms with E-state index in [0.717, 1.165) is 24.1 Å². The zero-order valence-corrected chi connectivity index (χ0v) is 12.8. The van der Waals surface area contributed by atoms with Crippen LogP contribution in [0, 0.1) is 5.92 Å². The molecule has 0 radical (unpaired) electrons. The minimum atomic E-state index is -0.0440. The summed E-state index contributed by atoms with van der Waals surface area (Å²) in [6, 6.07) is 7.48. The van der Waals surface area contributed by atoms with Crippen molar-refractivity contribution >= 4 is 17.5 Å². The molecule has 0 spiro atoms. The van der Waals surface area contributed by atoms with E-state index in [0.29, 0.717) is 19.5 Å². The molecule has 0 aliphatic carbocycles. The molecule has 1 rings (SSSR count). The van der Waals surface area contributed by atoms with Gasteiger partial charge in [-0.05, 0) is 37.1 Å². The third-order valence-corrected chi connectivity index (χ3v) is 3.09. The molecule has 116 valence electrons. The Kier molecular flexibility index (Phi) is 7.46. The van der Waals surface area contributed by atoms with Crippen molar-refractivity contribution in [1.29, 1.82) is 0 Å². The number of unbranched alkanes of at least 4 members (excludes halogenated alkanes) is 1. The lowest BCUT2D eigenvalue weighted by Gasteiger charge is -2.09. The Hall–Kier alpha value is -1.88. The fraction of sp³-hybridized carbons (Fsp3) is 0.500. The van der Waals surface area contributed by atoms with E-state index in [-0.39, 0.29) is 17.7 Å². The topological polar surface area (TPSA) is 84.2 Å². The number of carbonyl (C=O) groups is 2. The predicted molar refractivity (Wildman–Crippen MR) is 84.7 cm³/mol. The lowest BCUT2D eigenvalue weighted by Crippen LogP contribution is -2.22. The van der Waals surface area contributed by atoms with Gasteiger partial charge < -0.3 is 16.4 Å². The molecule has 0 heterocycles. The number of nitrogens with two attached hydrogens (primary N) is 1. The second kappa shape index (κ2) is 9.13. The molecule has 0 saturated carbocycles. The van der Waals surface area contributed by atoms with E-state index in [2.05, 4.69) is 10.6 Å². The molecule has 0 atom stereocenters. The highest BCUT2D eigenvalue weighted by molar-refractivity contribution is 5.92. The first-order valence-corrected chi connectivity index (χ1v) is 7.39. The molecular formula is C16H25N3O2. The molecule has 5 heteroatoms. The van der Waals surface area contributed by atoms with Crippen molar-refractivity contribution in [2.75, 3.05) is 11.9 Å². The number of carbonyl (C=O) groups excluding carboxylic acids is 2. The first-order chi connectivity index (χ1) is 10.0. The highest BCUT2D eigenvalue weighted by Crippen LogP contribution is 2.11. The Labute approximate surface area is 126 Å². The summed E-state index contributed by atoms with van der Waals surface area (Å²) in [6.45, 7) is 4.82. The molecular weight excluding hydrogens is 266 g/mol. The van der Waals surface area contributed by atoms with Crippen molar-refractivity contribution in [3.63, 3.8) is 0 Å². The van der Waals surface area contributed by atoms with Gasteiger partial charge in [0.2, 0.25) is 11.8 Å². The minimum Gasteiger partial charge on any atom is -0.352 e. The van der Waals surface area contributed by atoms with Gasteiger partial charge in [0.05, 0.1) is 0 Å². The molecule has 5 nitrogen and oxygen atoms in total. The van der Waals surface area contributed by atoms with Crippen LogP contribution < -0.4 is 16.4 Å². The van der Waals surface area contributed by atoms with Crippen LogP contribution in [0.2, 0.25) is 0 Å². The van der Waals surface area contributed by atoms with Gasteiger partial charge in [0.25, 0.3) is 0 Å².